The Bertz CT molecular complexity index is 205. The summed E-state index contributed by atoms with van der Waals surface area (Å²) in [6.07, 6.45) is 2.70. The van der Waals surface area contributed by atoms with Crippen LogP contribution in [0, 0.1) is 6.92 Å². The van der Waals surface area contributed by atoms with Crippen LogP contribution in [0.2, 0.25) is 0 Å². The number of nitrogens with zero attached hydrogens (tertiary/aromatic N) is 2. The molecule has 54 valence electrons. The predicted molar refractivity (Wildman–Crippen MR) is 37.4 cm³/mol. The van der Waals surface area contributed by atoms with Crippen LogP contribution in [-0.4, -0.2) is 15.1 Å². The number of aliphatic hydroxyl groups excluding tert-OH is 1. The van der Waals surface area contributed by atoms with Crippen molar-refractivity contribution in [3.8, 4) is 0 Å². The zero-order valence-electron chi connectivity index (χ0n) is 6.07. The molecule has 0 saturated carbocycles. The number of hydrogen-bond acceptors (Lipinski definition) is 3. The highest BCUT2D eigenvalue weighted by Gasteiger charge is 2.00. The third-order valence-electron chi connectivity index (χ3n) is 1.23. The van der Waals surface area contributed by atoms with Crippen molar-refractivity contribution in [1.29, 1.82) is 0 Å². The number of hydrogen-bond donors (Lipinski definition) is 1. The molecule has 0 amide bonds. The van der Waals surface area contributed by atoms with Gasteiger partial charge in [0.25, 0.3) is 0 Å². The lowest BCUT2D eigenvalue weighted by atomic mass is 10.3. The number of aliphatic hydroxyl groups is 1. The van der Waals surface area contributed by atoms with Crippen LogP contribution < -0.4 is 0 Å². The standard InChI is InChI=1S/C7H10N2O/c1-5-3-9-7(4-8-5)6(2)10/h3-4,6,10H,1-2H3/t6-/m1/s1. The Hall–Kier alpha value is -0.960. The van der Waals surface area contributed by atoms with E-state index in [-0.39, 0.29) is 0 Å². The van der Waals surface area contributed by atoms with Crippen molar-refractivity contribution in [2.75, 3.05) is 0 Å². The summed E-state index contributed by atoms with van der Waals surface area (Å²) in [7, 11) is 0. The van der Waals surface area contributed by atoms with Gasteiger partial charge in [-0.3, -0.25) is 9.97 Å². The Labute approximate surface area is 59.8 Å². The second-order valence-corrected chi connectivity index (χ2v) is 2.26. The fourth-order valence-corrected chi connectivity index (χ4v) is 0.618. The number of aryl methyl sites for hydroxylation is 1. The third-order valence-corrected chi connectivity index (χ3v) is 1.23. The highest BCUT2D eigenvalue weighted by atomic mass is 16.3. The van der Waals surface area contributed by atoms with E-state index in [0.29, 0.717) is 5.69 Å². The van der Waals surface area contributed by atoms with E-state index in [1.807, 2.05) is 6.92 Å². The van der Waals surface area contributed by atoms with Gasteiger partial charge in [-0.15, -0.1) is 0 Å². The Balaban J connectivity index is 2.89. The minimum absolute atomic E-state index is 0.520. The maximum atomic E-state index is 9.01. The van der Waals surface area contributed by atoms with Crippen molar-refractivity contribution in [2.24, 2.45) is 0 Å². The molecule has 0 aromatic carbocycles. The summed E-state index contributed by atoms with van der Waals surface area (Å²) < 4.78 is 0. The van der Waals surface area contributed by atoms with Crippen molar-refractivity contribution < 1.29 is 5.11 Å². The molecular weight excluding hydrogens is 128 g/mol. The van der Waals surface area contributed by atoms with Crippen LogP contribution in [0.1, 0.15) is 24.4 Å². The van der Waals surface area contributed by atoms with E-state index in [1.165, 1.54) is 0 Å². The van der Waals surface area contributed by atoms with E-state index < -0.39 is 6.10 Å². The van der Waals surface area contributed by atoms with Crippen molar-refractivity contribution in [3.05, 3.63) is 23.8 Å². The van der Waals surface area contributed by atoms with E-state index in [4.69, 9.17) is 5.11 Å². The molecule has 1 heterocycles. The fourth-order valence-electron chi connectivity index (χ4n) is 0.618. The van der Waals surface area contributed by atoms with Crippen LogP contribution in [-0.2, 0) is 0 Å². The Morgan fingerprint density at radius 1 is 1.40 bits per heavy atom. The van der Waals surface area contributed by atoms with Crippen LogP contribution in [0.15, 0.2) is 12.4 Å². The molecule has 10 heavy (non-hydrogen) atoms. The first-order valence-electron chi connectivity index (χ1n) is 3.17. The topological polar surface area (TPSA) is 46.0 Å². The third kappa shape index (κ3) is 1.51. The molecule has 0 fully saturated rings. The molecule has 1 atom stereocenters. The van der Waals surface area contributed by atoms with Gasteiger partial charge in [0.2, 0.25) is 0 Å². The summed E-state index contributed by atoms with van der Waals surface area (Å²) >= 11 is 0. The van der Waals surface area contributed by atoms with Crippen LogP contribution in [0.4, 0.5) is 0 Å². The number of rotatable bonds is 1. The van der Waals surface area contributed by atoms with Gasteiger partial charge in [0.05, 0.1) is 23.7 Å². The van der Waals surface area contributed by atoms with E-state index >= 15 is 0 Å². The molecule has 0 saturated heterocycles. The first kappa shape index (κ1) is 7.15. The first-order chi connectivity index (χ1) is 4.70. The second kappa shape index (κ2) is 2.75. The van der Waals surface area contributed by atoms with Crippen molar-refractivity contribution in [1.82, 2.24) is 9.97 Å². The lowest BCUT2D eigenvalue weighted by Crippen LogP contribution is -1.96. The molecule has 0 aliphatic carbocycles. The molecule has 0 aliphatic rings. The normalized spacial score (nSPS) is 13.1. The molecule has 1 rings (SSSR count). The molecule has 1 N–H and O–H groups in total. The smallest absolute Gasteiger partial charge is 0.0947 e. The Morgan fingerprint density at radius 2 is 2.10 bits per heavy atom. The molecular formula is C7H10N2O. The summed E-state index contributed by atoms with van der Waals surface area (Å²) in [6.45, 7) is 3.53. The number of aromatic nitrogens is 2. The van der Waals surface area contributed by atoms with Crippen LogP contribution in [0.25, 0.3) is 0 Å². The first-order valence-corrected chi connectivity index (χ1v) is 3.17. The molecule has 3 heteroatoms. The maximum Gasteiger partial charge on any atom is 0.0947 e. The average Bonchev–Trinajstić information content (AvgIpc) is 1.88. The van der Waals surface area contributed by atoms with Crippen molar-refractivity contribution in [3.63, 3.8) is 0 Å². The summed E-state index contributed by atoms with van der Waals surface area (Å²) in [4.78, 5) is 7.94. The Morgan fingerprint density at radius 3 is 2.50 bits per heavy atom. The monoisotopic (exact) mass is 138 g/mol. The van der Waals surface area contributed by atoms with E-state index in [9.17, 15) is 0 Å². The largest absolute Gasteiger partial charge is 0.387 e. The van der Waals surface area contributed by atoms with E-state index in [2.05, 4.69) is 9.97 Å². The lowest BCUT2D eigenvalue weighted by molar-refractivity contribution is 0.194. The molecule has 0 bridgehead atoms. The van der Waals surface area contributed by atoms with Crippen LogP contribution in [0.5, 0.6) is 0 Å². The highest BCUT2D eigenvalue weighted by molar-refractivity contribution is 5.02. The minimum Gasteiger partial charge on any atom is -0.387 e. The fraction of sp³-hybridized carbons (Fsp3) is 0.429. The quantitative estimate of drug-likeness (QED) is 0.625. The Kier molecular flexibility index (Phi) is 1.97. The van der Waals surface area contributed by atoms with Gasteiger partial charge in [0.15, 0.2) is 0 Å². The second-order valence-electron chi connectivity index (χ2n) is 2.26. The maximum absolute atomic E-state index is 9.01. The van der Waals surface area contributed by atoms with E-state index in [1.54, 1.807) is 19.3 Å². The van der Waals surface area contributed by atoms with Crippen LogP contribution in [0.3, 0.4) is 0 Å². The van der Waals surface area contributed by atoms with Gasteiger partial charge in [-0.25, -0.2) is 0 Å². The minimum atomic E-state index is -0.520. The molecule has 0 radical (unpaired) electrons. The summed E-state index contributed by atoms with van der Waals surface area (Å²) in [5, 5.41) is 9.01. The van der Waals surface area contributed by atoms with Crippen molar-refractivity contribution >= 4 is 0 Å². The van der Waals surface area contributed by atoms with Crippen LogP contribution >= 0.6 is 0 Å². The zero-order valence-corrected chi connectivity index (χ0v) is 6.07. The van der Waals surface area contributed by atoms with Gasteiger partial charge in [-0.1, -0.05) is 0 Å². The molecule has 0 aliphatic heterocycles. The van der Waals surface area contributed by atoms with Gasteiger partial charge < -0.3 is 5.11 Å². The van der Waals surface area contributed by atoms with Gasteiger partial charge in [0, 0.05) is 6.20 Å². The van der Waals surface area contributed by atoms with Gasteiger partial charge >= 0.3 is 0 Å². The predicted octanol–water partition coefficient (Wildman–Crippen LogP) is 0.838. The zero-order chi connectivity index (χ0) is 7.56. The average molecular weight is 138 g/mol. The molecule has 0 spiro atoms. The summed E-state index contributed by atoms with van der Waals surface area (Å²) in [5.74, 6) is 0. The molecule has 3 nitrogen and oxygen atoms in total. The molecule has 1 aromatic rings. The molecule has 1 aromatic heterocycles. The van der Waals surface area contributed by atoms with E-state index in [0.717, 1.165) is 5.69 Å². The van der Waals surface area contributed by atoms with Gasteiger partial charge in [0.1, 0.15) is 0 Å². The van der Waals surface area contributed by atoms with Gasteiger partial charge in [-0.2, -0.15) is 0 Å². The molecule has 0 unspecified atom stereocenters. The highest BCUT2D eigenvalue weighted by Crippen LogP contribution is 2.05. The summed E-state index contributed by atoms with van der Waals surface area (Å²) in [5.41, 5.74) is 1.48. The lowest BCUT2D eigenvalue weighted by Gasteiger charge is -2.00. The SMILES string of the molecule is Cc1cnc([C@@H](C)O)cn1. The van der Waals surface area contributed by atoms with Gasteiger partial charge in [-0.05, 0) is 13.8 Å². The van der Waals surface area contributed by atoms with Crippen molar-refractivity contribution in [2.45, 2.75) is 20.0 Å². The summed E-state index contributed by atoms with van der Waals surface area (Å²) in [6, 6.07) is 0.